The Kier molecular flexibility index (Phi) is 7.52. The summed E-state index contributed by atoms with van der Waals surface area (Å²) in [7, 11) is 0. The van der Waals surface area contributed by atoms with Gasteiger partial charge < -0.3 is 25.5 Å². The molecule has 0 aliphatic heterocycles. The molecule has 5 N–H and O–H groups in total. The molecule has 9 nitrogen and oxygen atoms in total. The number of rotatable bonds is 5. The van der Waals surface area contributed by atoms with Crippen LogP contribution in [0.5, 0.6) is 5.75 Å². The highest BCUT2D eigenvalue weighted by atomic mass is 16.4. The lowest BCUT2D eigenvalue weighted by atomic mass is 9.40. The molecule has 0 bridgehead atoms. The summed E-state index contributed by atoms with van der Waals surface area (Å²) in [5.41, 5.74) is -7.32. The normalized spacial score (nSPS) is 32.7. The van der Waals surface area contributed by atoms with Gasteiger partial charge >= 0.3 is 0 Å². The standard InChI is InChI=1S/C34H42O9/c1-15(2)24-26(38)22(17(4)35)28(40)34(43)29(41)25-27(39)23-20(37)13-11-18(10-12-19(36)14-31(5,6)7)21(23)16(3)32(25,8)30(42)33(24,34)9/h10-13,15-16,24,30,37,39-40,42-43H,14H2,1-9H3/b12-10+/t16-,24?,30-,32+,33+,34+/m1/s1. The molecule has 232 valence electrons. The molecular formula is C34H42O9. The highest BCUT2D eigenvalue weighted by Crippen LogP contribution is 2.67. The SMILES string of the molecule is CC(=O)C1=C(O)[C@]2(O)C(=O)C3=C(O)c4c(O)ccc(/C=C/C(=O)CC(C)(C)C)c4[C@@H](C)[C@]3(C)[C@@H](O)[C@]2(C)C(C(C)C)C1=O. The number of hydrogen-bond donors (Lipinski definition) is 5. The number of aromatic hydroxyl groups is 1. The summed E-state index contributed by atoms with van der Waals surface area (Å²) >= 11 is 0. The maximum Gasteiger partial charge on any atom is 0.203 e. The summed E-state index contributed by atoms with van der Waals surface area (Å²) in [5.74, 6) is -7.87. The van der Waals surface area contributed by atoms with Gasteiger partial charge in [-0.25, -0.2) is 0 Å². The maximum absolute atomic E-state index is 14.5. The van der Waals surface area contributed by atoms with Crippen molar-refractivity contribution >= 4 is 35.0 Å². The van der Waals surface area contributed by atoms with Crippen LogP contribution in [0, 0.1) is 28.1 Å². The lowest BCUT2D eigenvalue weighted by Gasteiger charge is -2.63. The van der Waals surface area contributed by atoms with Crippen molar-refractivity contribution in [2.45, 2.75) is 86.4 Å². The number of Topliss-reactive ketones (excluding diaryl/α,β-unsaturated/α-hetero) is 3. The number of aliphatic hydroxyl groups excluding tert-OH is 3. The molecule has 0 amide bonds. The molecule has 9 heteroatoms. The van der Waals surface area contributed by atoms with Crippen molar-refractivity contribution in [1.82, 2.24) is 0 Å². The van der Waals surface area contributed by atoms with Crippen molar-refractivity contribution in [3.63, 3.8) is 0 Å². The Morgan fingerprint density at radius 3 is 2.16 bits per heavy atom. The second kappa shape index (κ2) is 9.99. The molecule has 1 unspecified atom stereocenters. The zero-order valence-corrected chi connectivity index (χ0v) is 26.2. The number of phenolic OH excluding ortho intramolecular Hbond substituents is 1. The first kappa shape index (κ1) is 32.4. The quantitative estimate of drug-likeness (QED) is 0.239. The largest absolute Gasteiger partial charge is 0.508 e. The second-order valence-electron chi connectivity index (χ2n) is 14.3. The van der Waals surface area contributed by atoms with Crippen LogP contribution in [0.1, 0.15) is 91.3 Å². The fraction of sp³-hybridized carbons (Fsp3) is 0.529. The van der Waals surface area contributed by atoms with Crippen LogP contribution in [-0.4, -0.2) is 60.4 Å². The minimum atomic E-state index is -2.94. The smallest absolute Gasteiger partial charge is 0.203 e. The minimum absolute atomic E-state index is 0.110. The topological polar surface area (TPSA) is 169 Å². The zero-order chi connectivity index (χ0) is 32.8. The fourth-order valence-corrected chi connectivity index (χ4v) is 7.94. The number of hydrogen-bond acceptors (Lipinski definition) is 9. The third-order valence-electron chi connectivity index (χ3n) is 10.00. The van der Waals surface area contributed by atoms with Gasteiger partial charge in [-0.05, 0) is 47.4 Å². The molecular weight excluding hydrogens is 552 g/mol. The molecule has 6 atom stereocenters. The van der Waals surface area contributed by atoms with E-state index in [1.165, 1.54) is 26.0 Å². The number of carbonyl (C=O) groups is 4. The third-order valence-corrected chi connectivity index (χ3v) is 10.00. The summed E-state index contributed by atoms with van der Waals surface area (Å²) in [6, 6.07) is 2.87. The van der Waals surface area contributed by atoms with Crippen LogP contribution in [0.4, 0.5) is 0 Å². The molecule has 0 radical (unpaired) electrons. The third kappa shape index (κ3) is 4.18. The van der Waals surface area contributed by atoms with Crippen molar-refractivity contribution in [3.05, 3.63) is 51.8 Å². The first-order valence-corrected chi connectivity index (χ1v) is 14.5. The van der Waals surface area contributed by atoms with Gasteiger partial charge in [0.05, 0.1) is 17.2 Å². The molecule has 3 aliphatic rings. The maximum atomic E-state index is 14.5. The highest BCUT2D eigenvalue weighted by molar-refractivity contribution is 6.24. The van der Waals surface area contributed by atoms with E-state index in [0.717, 1.165) is 6.92 Å². The monoisotopic (exact) mass is 594 g/mol. The van der Waals surface area contributed by atoms with Crippen molar-refractivity contribution in [1.29, 1.82) is 0 Å². The van der Waals surface area contributed by atoms with Gasteiger partial charge in [-0.2, -0.15) is 0 Å². The average Bonchev–Trinajstić information content (AvgIpc) is 2.87. The molecule has 43 heavy (non-hydrogen) atoms. The molecule has 0 spiro atoms. The van der Waals surface area contributed by atoms with Crippen LogP contribution >= 0.6 is 0 Å². The summed E-state index contributed by atoms with van der Waals surface area (Å²) in [5, 5.41) is 58.5. The Hall–Kier alpha value is -3.56. The van der Waals surface area contributed by atoms with E-state index >= 15 is 0 Å². The van der Waals surface area contributed by atoms with Crippen molar-refractivity contribution in [2.75, 3.05) is 0 Å². The first-order valence-electron chi connectivity index (χ1n) is 14.5. The van der Waals surface area contributed by atoms with E-state index in [9.17, 15) is 44.7 Å². The van der Waals surface area contributed by atoms with E-state index in [-0.39, 0.29) is 28.9 Å². The second-order valence-corrected chi connectivity index (χ2v) is 14.3. The van der Waals surface area contributed by atoms with E-state index in [0.29, 0.717) is 11.1 Å². The molecule has 0 saturated heterocycles. The van der Waals surface area contributed by atoms with E-state index < -0.39 is 80.3 Å². The Labute approximate surface area is 251 Å². The van der Waals surface area contributed by atoms with Crippen LogP contribution in [0.15, 0.2) is 35.1 Å². The lowest BCUT2D eigenvalue weighted by molar-refractivity contribution is -0.215. The number of ketones is 4. The summed E-state index contributed by atoms with van der Waals surface area (Å²) in [6.07, 6.45) is 1.53. The molecule has 0 aromatic heterocycles. The van der Waals surface area contributed by atoms with Crippen LogP contribution in [0.2, 0.25) is 0 Å². The van der Waals surface area contributed by atoms with Crippen molar-refractivity contribution in [2.24, 2.45) is 28.1 Å². The molecule has 1 aromatic rings. The molecule has 4 rings (SSSR count). The number of benzene rings is 1. The van der Waals surface area contributed by atoms with Gasteiger partial charge in [-0.1, -0.05) is 67.5 Å². The Morgan fingerprint density at radius 2 is 1.65 bits per heavy atom. The number of carbonyl (C=O) groups excluding carboxylic acids is 4. The molecule has 1 fully saturated rings. The molecule has 1 saturated carbocycles. The van der Waals surface area contributed by atoms with Gasteiger partial charge in [0.1, 0.15) is 22.8 Å². The van der Waals surface area contributed by atoms with E-state index in [2.05, 4.69) is 0 Å². The van der Waals surface area contributed by atoms with Gasteiger partial charge in [0.15, 0.2) is 23.0 Å². The zero-order valence-electron chi connectivity index (χ0n) is 26.2. The highest BCUT2D eigenvalue weighted by Gasteiger charge is 2.77. The minimum Gasteiger partial charge on any atom is -0.508 e. The van der Waals surface area contributed by atoms with Gasteiger partial charge in [0, 0.05) is 23.2 Å². The van der Waals surface area contributed by atoms with Crippen molar-refractivity contribution < 1.29 is 44.7 Å². The predicted molar refractivity (Wildman–Crippen MR) is 160 cm³/mol. The summed E-state index contributed by atoms with van der Waals surface area (Å²) < 4.78 is 0. The van der Waals surface area contributed by atoms with Crippen LogP contribution < -0.4 is 0 Å². The Bertz CT molecular complexity index is 1550. The van der Waals surface area contributed by atoms with Crippen LogP contribution in [0.25, 0.3) is 11.8 Å². The molecule has 1 aromatic carbocycles. The van der Waals surface area contributed by atoms with Crippen molar-refractivity contribution in [3.8, 4) is 5.75 Å². The van der Waals surface area contributed by atoms with E-state index in [4.69, 9.17) is 0 Å². The number of aliphatic hydroxyl groups is 4. The number of phenols is 1. The first-order chi connectivity index (χ1) is 19.6. The molecule has 3 aliphatic carbocycles. The van der Waals surface area contributed by atoms with Crippen LogP contribution in [0.3, 0.4) is 0 Å². The summed E-state index contributed by atoms with van der Waals surface area (Å²) in [6.45, 7) is 14.7. The van der Waals surface area contributed by atoms with Gasteiger partial charge in [-0.3, -0.25) is 19.2 Å². The summed E-state index contributed by atoms with van der Waals surface area (Å²) in [4.78, 5) is 53.4. The Morgan fingerprint density at radius 1 is 1.07 bits per heavy atom. The predicted octanol–water partition coefficient (Wildman–Crippen LogP) is 4.74. The number of allylic oxidation sites excluding steroid dienone is 2. The average molecular weight is 595 g/mol. The van der Waals surface area contributed by atoms with Gasteiger partial charge in [0.25, 0.3) is 0 Å². The van der Waals surface area contributed by atoms with Crippen LogP contribution in [-0.2, 0) is 19.2 Å². The van der Waals surface area contributed by atoms with E-state index in [1.54, 1.807) is 32.9 Å². The lowest BCUT2D eigenvalue weighted by Crippen LogP contribution is -2.75. The molecule has 0 heterocycles. The fourth-order valence-electron chi connectivity index (χ4n) is 7.94. The van der Waals surface area contributed by atoms with E-state index in [1.807, 2.05) is 20.8 Å². The van der Waals surface area contributed by atoms with Gasteiger partial charge in [-0.15, -0.1) is 0 Å². The number of fused-ring (bicyclic) bond motifs is 3. The Balaban J connectivity index is 2.07. The van der Waals surface area contributed by atoms with Gasteiger partial charge in [0.2, 0.25) is 5.78 Å².